The monoisotopic (exact) mass is 354 g/mol. The molecule has 120 valence electrons. The van der Waals surface area contributed by atoms with Crippen LogP contribution in [0.5, 0.6) is 0 Å². The molecule has 1 aliphatic heterocycles. The van der Waals surface area contributed by atoms with Gasteiger partial charge in [-0.2, -0.15) is 0 Å². The molecule has 0 atom stereocenters. The van der Waals surface area contributed by atoms with Gasteiger partial charge in [0.1, 0.15) is 5.01 Å². The lowest BCUT2D eigenvalue weighted by molar-refractivity contribution is 0.332. The average Bonchev–Trinajstić information content (AvgIpc) is 3.23. The summed E-state index contributed by atoms with van der Waals surface area (Å²) in [6.45, 7) is 7.64. The molecule has 0 radical (unpaired) electrons. The summed E-state index contributed by atoms with van der Waals surface area (Å²) < 4.78 is 1.07. The van der Waals surface area contributed by atoms with Gasteiger partial charge in [0.15, 0.2) is 4.34 Å². The molecule has 7 heteroatoms. The fourth-order valence-corrected chi connectivity index (χ4v) is 5.19. The summed E-state index contributed by atoms with van der Waals surface area (Å²) in [5.41, 5.74) is 1.47. The highest BCUT2D eigenvalue weighted by Gasteiger charge is 2.12. The number of rotatable bonds is 8. The molecule has 0 bridgehead atoms. The largest absolute Gasteiger partial charge is 0.311 e. The molecular formula is C15H22N4S3. The summed E-state index contributed by atoms with van der Waals surface area (Å²) >= 11 is 5.33. The maximum absolute atomic E-state index is 4.12. The van der Waals surface area contributed by atoms with Gasteiger partial charge in [-0.1, -0.05) is 23.1 Å². The molecule has 0 aromatic carbocycles. The second kappa shape index (κ2) is 8.40. The first-order chi connectivity index (χ1) is 10.8. The van der Waals surface area contributed by atoms with Gasteiger partial charge in [-0.25, -0.2) is 0 Å². The van der Waals surface area contributed by atoms with E-state index >= 15 is 0 Å². The van der Waals surface area contributed by atoms with E-state index in [0.717, 1.165) is 34.7 Å². The second-order valence-electron chi connectivity index (χ2n) is 5.52. The number of aromatic nitrogens is 2. The number of hydrogen-bond acceptors (Lipinski definition) is 7. The van der Waals surface area contributed by atoms with E-state index in [1.807, 2.05) is 18.3 Å². The van der Waals surface area contributed by atoms with Crippen LogP contribution in [0.25, 0.3) is 0 Å². The van der Waals surface area contributed by atoms with E-state index in [1.165, 1.54) is 36.4 Å². The second-order valence-corrected chi connectivity index (χ2v) is 9.04. The third-order valence-electron chi connectivity index (χ3n) is 3.62. The Morgan fingerprint density at radius 2 is 2.18 bits per heavy atom. The Morgan fingerprint density at radius 1 is 1.32 bits per heavy atom. The van der Waals surface area contributed by atoms with Crippen LogP contribution >= 0.6 is 34.4 Å². The Morgan fingerprint density at radius 3 is 2.95 bits per heavy atom. The fraction of sp³-hybridized carbons (Fsp3) is 0.600. The van der Waals surface area contributed by atoms with E-state index in [9.17, 15) is 0 Å². The van der Waals surface area contributed by atoms with Crippen LogP contribution in [0, 0.1) is 6.92 Å². The number of nitrogens with zero attached hydrogens (tertiary/aromatic N) is 3. The first kappa shape index (κ1) is 16.4. The Balaban J connectivity index is 1.32. The highest BCUT2D eigenvalue weighted by molar-refractivity contribution is 8.01. The number of thioether (sulfide) groups is 1. The lowest BCUT2D eigenvalue weighted by Gasteiger charge is -2.12. The van der Waals surface area contributed by atoms with Crippen LogP contribution in [0.15, 0.2) is 15.8 Å². The minimum Gasteiger partial charge on any atom is -0.311 e. The van der Waals surface area contributed by atoms with Crippen LogP contribution in [0.3, 0.4) is 0 Å². The van der Waals surface area contributed by atoms with E-state index in [2.05, 4.69) is 31.9 Å². The van der Waals surface area contributed by atoms with Gasteiger partial charge in [-0.05, 0) is 49.9 Å². The summed E-state index contributed by atoms with van der Waals surface area (Å²) in [5, 5.41) is 15.0. The van der Waals surface area contributed by atoms with E-state index in [0.29, 0.717) is 0 Å². The van der Waals surface area contributed by atoms with Crippen LogP contribution in [0.4, 0.5) is 0 Å². The highest BCUT2D eigenvalue weighted by Crippen LogP contribution is 2.21. The fourth-order valence-electron chi connectivity index (χ4n) is 2.56. The minimum atomic E-state index is 0.973. The van der Waals surface area contributed by atoms with Crippen molar-refractivity contribution in [3.05, 3.63) is 26.9 Å². The average molecular weight is 355 g/mol. The molecule has 1 aliphatic rings. The Kier molecular flexibility index (Phi) is 6.26. The molecule has 2 aromatic heterocycles. The van der Waals surface area contributed by atoms with Gasteiger partial charge in [-0.15, -0.1) is 21.5 Å². The van der Waals surface area contributed by atoms with E-state index < -0.39 is 0 Å². The predicted octanol–water partition coefficient (Wildman–Crippen LogP) is 3.39. The van der Waals surface area contributed by atoms with Crippen molar-refractivity contribution in [1.82, 2.24) is 20.4 Å². The molecule has 0 aliphatic carbocycles. The molecule has 0 amide bonds. The van der Waals surface area contributed by atoms with Gasteiger partial charge in [0.2, 0.25) is 0 Å². The Labute approximate surface area is 144 Å². The van der Waals surface area contributed by atoms with Crippen molar-refractivity contribution in [3.8, 4) is 0 Å². The lowest BCUT2D eigenvalue weighted by atomic mass is 10.3. The van der Waals surface area contributed by atoms with Gasteiger partial charge < -0.3 is 5.32 Å². The van der Waals surface area contributed by atoms with Gasteiger partial charge in [0.05, 0.1) is 0 Å². The normalized spacial score (nSPS) is 15.7. The lowest BCUT2D eigenvalue weighted by Crippen LogP contribution is -2.18. The van der Waals surface area contributed by atoms with Crippen molar-refractivity contribution in [3.63, 3.8) is 0 Å². The SMILES string of the molecule is Cc1nnc(SCCNCc2cc(CN3CCCC3)cs2)s1. The minimum absolute atomic E-state index is 0.973. The summed E-state index contributed by atoms with van der Waals surface area (Å²) in [4.78, 5) is 3.99. The van der Waals surface area contributed by atoms with Gasteiger partial charge >= 0.3 is 0 Å². The van der Waals surface area contributed by atoms with E-state index in [1.54, 1.807) is 23.1 Å². The quantitative estimate of drug-likeness (QED) is 0.581. The molecule has 2 aromatic rings. The third-order valence-corrected chi connectivity index (χ3v) is 6.58. The van der Waals surface area contributed by atoms with E-state index in [-0.39, 0.29) is 0 Å². The molecule has 1 saturated heterocycles. The van der Waals surface area contributed by atoms with Crippen molar-refractivity contribution in [2.45, 2.75) is 37.2 Å². The molecule has 3 heterocycles. The zero-order valence-electron chi connectivity index (χ0n) is 12.9. The van der Waals surface area contributed by atoms with Crippen LogP contribution in [-0.4, -0.2) is 40.5 Å². The van der Waals surface area contributed by atoms with Crippen LogP contribution in [0.2, 0.25) is 0 Å². The highest BCUT2D eigenvalue weighted by atomic mass is 32.2. The maximum Gasteiger partial charge on any atom is 0.174 e. The molecule has 3 rings (SSSR count). The van der Waals surface area contributed by atoms with Crippen LogP contribution in [0.1, 0.15) is 28.3 Å². The summed E-state index contributed by atoms with van der Waals surface area (Å²) in [5.74, 6) is 1.04. The molecular weight excluding hydrogens is 332 g/mol. The number of thiophene rings is 1. The molecule has 0 saturated carbocycles. The molecule has 0 unspecified atom stereocenters. The zero-order valence-corrected chi connectivity index (χ0v) is 15.3. The summed E-state index contributed by atoms with van der Waals surface area (Å²) in [6, 6.07) is 2.36. The van der Waals surface area contributed by atoms with Gasteiger partial charge in [-0.3, -0.25) is 4.90 Å². The third kappa shape index (κ3) is 5.03. The van der Waals surface area contributed by atoms with Gasteiger partial charge in [0, 0.05) is 30.3 Å². The Bertz CT molecular complexity index is 575. The molecule has 4 nitrogen and oxygen atoms in total. The standard InChI is InChI=1S/C15H22N4S3/c1-12-17-18-15(22-12)20-7-4-16-9-14-8-13(11-21-14)10-19-5-2-3-6-19/h8,11,16H,2-7,9-10H2,1H3. The predicted molar refractivity (Wildman–Crippen MR) is 95.9 cm³/mol. The zero-order chi connectivity index (χ0) is 15.2. The van der Waals surface area contributed by atoms with Gasteiger partial charge in [0.25, 0.3) is 0 Å². The maximum atomic E-state index is 4.12. The number of nitrogens with one attached hydrogen (secondary N) is 1. The first-order valence-corrected chi connectivity index (χ1v) is 10.4. The van der Waals surface area contributed by atoms with E-state index in [4.69, 9.17) is 0 Å². The molecule has 1 fully saturated rings. The number of hydrogen-bond donors (Lipinski definition) is 1. The van der Waals surface area contributed by atoms with Crippen molar-refractivity contribution in [2.75, 3.05) is 25.4 Å². The summed E-state index contributed by atoms with van der Waals surface area (Å²) in [7, 11) is 0. The number of likely N-dealkylation sites (tertiary alicyclic amines) is 1. The molecule has 0 spiro atoms. The first-order valence-electron chi connectivity index (χ1n) is 7.72. The topological polar surface area (TPSA) is 41.1 Å². The number of aryl methyl sites for hydroxylation is 1. The van der Waals surface area contributed by atoms with Crippen molar-refractivity contribution < 1.29 is 0 Å². The van der Waals surface area contributed by atoms with Crippen LogP contribution < -0.4 is 5.32 Å². The molecule has 22 heavy (non-hydrogen) atoms. The smallest absolute Gasteiger partial charge is 0.174 e. The Hall–Kier alpha value is -0.470. The van der Waals surface area contributed by atoms with Crippen molar-refractivity contribution >= 4 is 34.4 Å². The van der Waals surface area contributed by atoms with Crippen molar-refractivity contribution in [1.29, 1.82) is 0 Å². The summed E-state index contributed by atoms with van der Waals surface area (Å²) in [6.07, 6.45) is 2.73. The van der Waals surface area contributed by atoms with Crippen molar-refractivity contribution in [2.24, 2.45) is 0 Å². The van der Waals surface area contributed by atoms with Crippen LogP contribution in [-0.2, 0) is 13.1 Å². The molecule has 1 N–H and O–H groups in total.